The molecule has 0 unspecified atom stereocenters. The molecule has 0 spiro atoms. The number of carbonyl (C=O) groups excluding carboxylic acids is 1. The average Bonchev–Trinajstić information content (AvgIpc) is 3.26. The van der Waals surface area contributed by atoms with Gasteiger partial charge in [0.15, 0.2) is 5.13 Å². The van der Waals surface area contributed by atoms with Gasteiger partial charge in [0.05, 0.1) is 10.6 Å². The van der Waals surface area contributed by atoms with Crippen LogP contribution in [0.1, 0.15) is 69.9 Å². The van der Waals surface area contributed by atoms with Gasteiger partial charge in [0.2, 0.25) is 0 Å². The first-order valence-corrected chi connectivity index (χ1v) is 12.4. The normalized spacial score (nSPS) is 39.1. The highest BCUT2D eigenvalue weighted by Gasteiger charge is 2.59. The minimum atomic E-state index is -0.118. The van der Waals surface area contributed by atoms with Gasteiger partial charge in [-0.05, 0) is 73.7 Å². The number of aryl methyl sites for hydroxylation is 1. The molecule has 0 radical (unpaired) electrons. The molecule has 4 nitrogen and oxygen atoms in total. The lowest BCUT2D eigenvalue weighted by molar-refractivity contribution is -0.156. The smallest absolute Gasteiger partial charge is 0.302 e. The van der Waals surface area contributed by atoms with E-state index >= 15 is 0 Å². The van der Waals surface area contributed by atoms with Gasteiger partial charge < -0.3 is 10.1 Å². The molecule has 0 aliphatic heterocycles. The quantitative estimate of drug-likeness (QED) is 0.484. The molecule has 0 aromatic carbocycles. The fourth-order valence-electron chi connectivity index (χ4n) is 7.46. The van der Waals surface area contributed by atoms with Crippen molar-refractivity contribution in [1.29, 1.82) is 0 Å². The van der Waals surface area contributed by atoms with Crippen molar-refractivity contribution >= 4 is 28.0 Å². The lowest BCUT2D eigenvalue weighted by Gasteiger charge is -2.56. The molecular formula is C25H34N2O2S. The van der Waals surface area contributed by atoms with Crippen LogP contribution in [0, 0.1) is 28.6 Å². The van der Waals surface area contributed by atoms with Gasteiger partial charge in [-0.3, -0.25) is 4.79 Å². The fraction of sp³-hybridized carbons (Fsp3) is 0.680. The molecule has 0 amide bonds. The van der Waals surface area contributed by atoms with E-state index in [1.807, 2.05) is 17.4 Å². The summed E-state index contributed by atoms with van der Waals surface area (Å²) in [4.78, 5) is 18.0. The molecule has 5 heteroatoms. The third-order valence-electron chi connectivity index (χ3n) is 8.91. The maximum atomic E-state index is 11.7. The summed E-state index contributed by atoms with van der Waals surface area (Å²) in [6, 6.07) is 0. The first-order valence-electron chi connectivity index (χ1n) is 11.6. The number of esters is 1. The summed E-state index contributed by atoms with van der Waals surface area (Å²) in [6.45, 7) is 11.1. The zero-order valence-electron chi connectivity index (χ0n) is 18.5. The van der Waals surface area contributed by atoms with E-state index in [0.717, 1.165) is 36.9 Å². The number of fused-ring (bicyclic) bond motifs is 7. The van der Waals surface area contributed by atoms with Crippen molar-refractivity contribution in [3.8, 4) is 0 Å². The summed E-state index contributed by atoms with van der Waals surface area (Å²) in [5, 5.41) is 4.42. The maximum absolute atomic E-state index is 11.7. The van der Waals surface area contributed by atoms with Crippen LogP contribution in [0.5, 0.6) is 0 Å². The predicted octanol–water partition coefficient (Wildman–Crippen LogP) is 5.85. The van der Waals surface area contributed by atoms with E-state index in [2.05, 4.69) is 31.8 Å². The number of rotatable bonds is 4. The Labute approximate surface area is 184 Å². The van der Waals surface area contributed by atoms with Crippen LogP contribution in [0.4, 0.5) is 5.13 Å². The van der Waals surface area contributed by atoms with Crippen molar-refractivity contribution in [3.05, 3.63) is 29.3 Å². The molecule has 30 heavy (non-hydrogen) atoms. The zero-order valence-corrected chi connectivity index (χ0v) is 19.3. The highest BCUT2D eigenvalue weighted by atomic mass is 32.1. The van der Waals surface area contributed by atoms with Gasteiger partial charge in [0.25, 0.3) is 0 Å². The van der Waals surface area contributed by atoms with Crippen molar-refractivity contribution in [2.45, 2.75) is 71.8 Å². The first-order chi connectivity index (χ1) is 14.4. The Bertz CT molecular complexity index is 905. The summed E-state index contributed by atoms with van der Waals surface area (Å²) < 4.78 is 5.80. The van der Waals surface area contributed by atoms with Gasteiger partial charge >= 0.3 is 5.97 Å². The van der Waals surface area contributed by atoms with Crippen molar-refractivity contribution in [2.24, 2.45) is 28.6 Å². The number of allylic oxidation sites excluding steroid dienone is 2. The van der Waals surface area contributed by atoms with Crippen molar-refractivity contribution < 1.29 is 9.53 Å². The van der Waals surface area contributed by atoms with E-state index in [0.29, 0.717) is 11.8 Å². The summed E-state index contributed by atoms with van der Waals surface area (Å²) >= 11 is 1.83. The number of ether oxygens (including phenoxy) is 1. The molecule has 5 rings (SSSR count). The standard InChI is InChI=1S/C25H34N2O2S/c1-5-14-26-23-27-20-11-13-24(3)18-10-12-25(4)17(8-9-21(25)29-15(2)28)16(18)6-7-19(24)22(20)30-23/h5,7,16-18,21H,1,6,8-14H2,2-4H3,(H,26,27)/t16-,17-,18-,21-,24+,25-/m0/s1. The lowest BCUT2D eigenvalue weighted by Crippen LogP contribution is -2.50. The number of aromatic nitrogens is 1. The van der Waals surface area contributed by atoms with Gasteiger partial charge in [-0.2, -0.15) is 0 Å². The van der Waals surface area contributed by atoms with E-state index in [1.54, 1.807) is 12.5 Å². The van der Waals surface area contributed by atoms with E-state index in [-0.39, 0.29) is 22.9 Å². The second-order valence-corrected chi connectivity index (χ2v) is 11.3. The van der Waals surface area contributed by atoms with Crippen LogP contribution in [0.3, 0.4) is 0 Å². The van der Waals surface area contributed by atoms with Gasteiger partial charge in [0, 0.05) is 18.9 Å². The number of anilines is 1. The van der Waals surface area contributed by atoms with Crippen molar-refractivity contribution in [3.63, 3.8) is 0 Å². The molecule has 6 atom stereocenters. The third kappa shape index (κ3) is 2.91. The van der Waals surface area contributed by atoms with E-state index < -0.39 is 0 Å². The van der Waals surface area contributed by atoms with E-state index in [9.17, 15) is 4.79 Å². The Hall–Kier alpha value is -1.62. The van der Waals surface area contributed by atoms with Crippen LogP contribution in [-0.4, -0.2) is 23.6 Å². The zero-order chi connectivity index (χ0) is 21.1. The molecule has 0 saturated heterocycles. The predicted molar refractivity (Wildman–Crippen MR) is 122 cm³/mol. The van der Waals surface area contributed by atoms with Crippen LogP contribution >= 0.6 is 11.3 Å². The summed E-state index contributed by atoms with van der Waals surface area (Å²) in [6.07, 6.45) is 12.7. The topological polar surface area (TPSA) is 51.2 Å². The maximum Gasteiger partial charge on any atom is 0.302 e. The SMILES string of the molecule is C=CCNc1nc2c(s1)C1=CC[C@H]3[C@@H]4CC[C@H](OC(C)=O)[C@@]4(C)CC[C@@H]3[C@@]1(C)CC2. The Morgan fingerprint density at radius 3 is 2.93 bits per heavy atom. The van der Waals surface area contributed by atoms with Crippen molar-refractivity contribution in [2.75, 3.05) is 11.9 Å². The second kappa shape index (κ2) is 7.22. The fourth-order valence-corrected chi connectivity index (χ4v) is 8.65. The third-order valence-corrected chi connectivity index (χ3v) is 10.00. The summed E-state index contributed by atoms with van der Waals surface area (Å²) in [5.74, 6) is 1.99. The highest BCUT2D eigenvalue weighted by molar-refractivity contribution is 7.16. The van der Waals surface area contributed by atoms with Gasteiger partial charge in [-0.25, -0.2) is 4.98 Å². The molecule has 4 aliphatic rings. The van der Waals surface area contributed by atoms with Crippen LogP contribution in [0.2, 0.25) is 0 Å². The number of hydrogen-bond acceptors (Lipinski definition) is 5. The van der Waals surface area contributed by atoms with Crippen LogP contribution < -0.4 is 5.32 Å². The minimum Gasteiger partial charge on any atom is -0.462 e. The Morgan fingerprint density at radius 1 is 1.33 bits per heavy atom. The van der Waals surface area contributed by atoms with Gasteiger partial charge in [-0.15, -0.1) is 6.58 Å². The number of carbonyl (C=O) groups is 1. The highest BCUT2D eigenvalue weighted by Crippen LogP contribution is 2.66. The van der Waals surface area contributed by atoms with Crippen LogP contribution in [0.25, 0.3) is 5.57 Å². The van der Waals surface area contributed by atoms with E-state index in [1.165, 1.54) is 36.3 Å². The Balaban J connectivity index is 1.45. The molecule has 2 fully saturated rings. The molecule has 4 aliphatic carbocycles. The molecule has 1 aromatic rings. The molecule has 162 valence electrons. The van der Waals surface area contributed by atoms with Gasteiger partial charge in [0.1, 0.15) is 6.10 Å². The Morgan fingerprint density at radius 2 is 2.17 bits per heavy atom. The monoisotopic (exact) mass is 426 g/mol. The molecule has 2 saturated carbocycles. The number of thiazole rings is 1. The largest absolute Gasteiger partial charge is 0.462 e. The van der Waals surface area contributed by atoms with Crippen LogP contribution in [-0.2, 0) is 16.0 Å². The van der Waals surface area contributed by atoms with E-state index in [4.69, 9.17) is 9.72 Å². The molecule has 1 heterocycles. The molecular weight excluding hydrogens is 392 g/mol. The number of nitrogens with zero attached hydrogens (tertiary/aromatic N) is 1. The lowest BCUT2D eigenvalue weighted by atomic mass is 9.48. The van der Waals surface area contributed by atoms with Gasteiger partial charge in [-0.1, -0.05) is 37.3 Å². The summed E-state index contributed by atoms with van der Waals surface area (Å²) in [5.41, 5.74) is 3.25. The Kier molecular flexibility index (Phi) is 4.88. The second-order valence-electron chi connectivity index (χ2n) is 10.3. The van der Waals surface area contributed by atoms with Crippen LogP contribution in [0.15, 0.2) is 18.7 Å². The number of nitrogens with one attached hydrogen (secondary N) is 1. The number of hydrogen-bond donors (Lipinski definition) is 1. The molecule has 0 bridgehead atoms. The van der Waals surface area contributed by atoms with Crippen molar-refractivity contribution in [1.82, 2.24) is 4.98 Å². The molecule has 1 aromatic heterocycles. The minimum absolute atomic E-state index is 0.108. The molecule has 1 N–H and O–H groups in total. The summed E-state index contributed by atoms with van der Waals surface area (Å²) in [7, 11) is 0. The first kappa shape index (κ1) is 20.3. The average molecular weight is 427 g/mol.